The predicted octanol–water partition coefficient (Wildman–Crippen LogP) is 2.45. The van der Waals surface area contributed by atoms with E-state index in [1.165, 1.54) is 7.11 Å². The van der Waals surface area contributed by atoms with Crippen molar-refractivity contribution in [3.05, 3.63) is 26.3 Å². The Balaban J connectivity index is 2.81. The Bertz CT molecular complexity index is 438. The minimum absolute atomic E-state index is 0.259. The summed E-state index contributed by atoms with van der Waals surface area (Å²) in [7, 11) is 1.51. The molecule has 0 bridgehead atoms. The van der Waals surface area contributed by atoms with Gasteiger partial charge in [-0.1, -0.05) is 11.6 Å². The Morgan fingerprint density at radius 3 is 2.83 bits per heavy atom. The van der Waals surface area contributed by atoms with Crippen LogP contribution in [-0.4, -0.2) is 30.8 Å². The Morgan fingerprint density at radius 1 is 1.61 bits per heavy atom. The van der Waals surface area contributed by atoms with Crippen molar-refractivity contribution >= 4 is 40.1 Å². The standard InChI is InChI=1S/C12H15ClINO3/c1-7(16)3-4-15-12(17)8-5-9(13)10(14)6-11(8)18-2/h5-7,16H,3-4H2,1-2H3,(H,15,17). The number of benzene rings is 1. The van der Waals surface area contributed by atoms with Crippen molar-refractivity contribution in [2.75, 3.05) is 13.7 Å². The fourth-order valence-corrected chi connectivity index (χ4v) is 1.97. The maximum Gasteiger partial charge on any atom is 0.255 e. The highest BCUT2D eigenvalue weighted by Gasteiger charge is 2.14. The Kier molecular flexibility index (Phi) is 6.17. The molecule has 0 fully saturated rings. The van der Waals surface area contributed by atoms with Gasteiger partial charge in [0.2, 0.25) is 0 Å². The second-order valence-electron chi connectivity index (χ2n) is 3.86. The van der Waals surface area contributed by atoms with Crippen LogP contribution < -0.4 is 10.1 Å². The molecule has 100 valence electrons. The van der Waals surface area contributed by atoms with Gasteiger partial charge >= 0.3 is 0 Å². The van der Waals surface area contributed by atoms with Crippen LogP contribution in [0.1, 0.15) is 23.7 Å². The van der Waals surface area contributed by atoms with Gasteiger partial charge in [-0.25, -0.2) is 0 Å². The van der Waals surface area contributed by atoms with Crippen LogP contribution in [0.4, 0.5) is 0 Å². The minimum atomic E-state index is -0.437. The zero-order chi connectivity index (χ0) is 13.7. The van der Waals surface area contributed by atoms with Gasteiger partial charge in [0.15, 0.2) is 0 Å². The lowest BCUT2D eigenvalue weighted by atomic mass is 10.2. The van der Waals surface area contributed by atoms with Crippen molar-refractivity contribution in [1.82, 2.24) is 5.32 Å². The molecule has 0 saturated carbocycles. The molecule has 0 aromatic heterocycles. The van der Waals surface area contributed by atoms with E-state index in [0.717, 1.165) is 3.57 Å². The number of amides is 1. The molecular formula is C12H15ClINO3. The number of hydrogen-bond acceptors (Lipinski definition) is 3. The van der Waals surface area contributed by atoms with E-state index < -0.39 is 6.10 Å². The van der Waals surface area contributed by atoms with Crippen LogP contribution in [0.2, 0.25) is 5.02 Å². The Hall–Kier alpha value is -0.530. The van der Waals surface area contributed by atoms with Crippen LogP contribution in [-0.2, 0) is 0 Å². The second kappa shape index (κ2) is 7.16. The molecule has 6 heteroatoms. The SMILES string of the molecule is COc1cc(I)c(Cl)cc1C(=O)NCCC(C)O. The highest BCUT2D eigenvalue weighted by atomic mass is 127. The van der Waals surface area contributed by atoms with E-state index in [9.17, 15) is 4.79 Å². The van der Waals surface area contributed by atoms with Gasteiger partial charge in [-0.3, -0.25) is 4.79 Å². The quantitative estimate of drug-likeness (QED) is 0.768. The number of halogens is 2. The van der Waals surface area contributed by atoms with Crippen LogP contribution in [0.25, 0.3) is 0 Å². The fourth-order valence-electron chi connectivity index (χ4n) is 1.36. The van der Waals surface area contributed by atoms with Crippen molar-refractivity contribution in [1.29, 1.82) is 0 Å². The molecule has 0 spiro atoms. The third-order valence-electron chi connectivity index (χ3n) is 2.33. The number of ether oxygens (including phenoxy) is 1. The van der Waals surface area contributed by atoms with Gasteiger partial charge in [0.1, 0.15) is 5.75 Å². The second-order valence-corrected chi connectivity index (χ2v) is 5.43. The molecule has 1 rings (SSSR count). The normalized spacial score (nSPS) is 12.1. The van der Waals surface area contributed by atoms with E-state index in [1.807, 2.05) is 0 Å². The molecule has 0 saturated heterocycles. The van der Waals surface area contributed by atoms with Crippen molar-refractivity contribution in [2.24, 2.45) is 0 Å². The molecular weight excluding hydrogens is 368 g/mol. The average molecular weight is 384 g/mol. The molecule has 0 aliphatic rings. The molecule has 1 aromatic rings. The van der Waals surface area contributed by atoms with E-state index in [4.69, 9.17) is 21.4 Å². The average Bonchev–Trinajstić information content (AvgIpc) is 2.31. The number of carbonyl (C=O) groups is 1. The third-order valence-corrected chi connectivity index (χ3v) is 3.86. The monoisotopic (exact) mass is 383 g/mol. The zero-order valence-corrected chi connectivity index (χ0v) is 13.1. The summed E-state index contributed by atoms with van der Waals surface area (Å²) in [5.41, 5.74) is 0.397. The first kappa shape index (κ1) is 15.5. The maximum absolute atomic E-state index is 11.9. The highest BCUT2D eigenvalue weighted by Crippen LogP contribution is 2.28. The van der Waals surface area contributed by atoms with Gasteiger partial charge in [0.25, 0.3) is 5.91 Å². The smallest absolute Gasteiger partial charge is 0.255 e. The van der Waals surface area contributed by atoms with Gasteiger partial charge in [0, 0.05) is 10.1 Å². The summed E-state index contributed by atoms with van der Waals surface area (Å²) in [6.07, 6.45) is 0.0686. The van der Waals surface area contributed by atoms with Crippen LogP contribution in [0, 0.1) is 3.57 Å². The molecule has 0 aliphatic carbocycles. The Morgan fingerprint density at radius 2 is 2.28 bits per heavy atom. The molecule has 1 aromatic carbocycles. The number of hydrogen-bond donors (Lipinski definition) is 2. The van der Waals surface area contributed by atoms with Crippen molar-refractivity contribution in [3.63, 3.8) is 0 Å². The van der Waals surface area contributed by atoms with Crippen LogP contribution in [0.5, 0.6) is 5.75 Å². The molecule has 1 atom stereocenters. The summed E-state index contributed by atoms with van der Waals surface area (Å²) in [4.78, 5) is 11.9. The van der Waals surface area contributed by atoms with E-state index in [-0.39, 0.29) is 5.91 Å². The maximum atomic E-state index is 11.9. The van der Waals surface area contributed by atoms with E-state index in [0.29, 0.717) is 29.3 Å². The van der Waals surface area contributed by atoms with E-state index >= 15 is 0 Å². The molecule has 0 heterocycles. The van der Waals surface area contributed by atoms with Gasteiger partial charge in [-0.05, 0) is 48.1 Å². The highest BCUT2D eigenvalue weighted by molar-refractivity contribution is 14.1. The largest absolute Gasteiger partial charge is 0.496 e. The van der Waals surface area contributed by atoms with Crippen LogP contribution in [0.15, 0.2) is 12.1 Å². The van der Waals surface area contributed by atoms with E-state index in [2.05, 4.69) is 27.9 Å². The molecule has 1 amide bonds. The van der Waals surface area contributed by atoms with Crippen molar-refractivity contribution in [2.45, 2.75) is 19.4 Å². The fraction of sp³-hybridized carbons (Fsp3) is 0.417. The number of aliphatic hydroxyl groups is 1. The number of carbonyl (C=O) groups excluding carboxylic acids is 1. The lowest BCUT2D eigenvalue weighted by Crippen LogP contribution is -2.27. The predicted molar refractivity (Wildman–Crippen MR) is 79.4 cm³/mol. The van der Waals surface area contributed by atoms with Crippen LogP contribution >= 0.6 is 34.2 Å². The number of rotatable bonds is 5. The minimum Gasteiger partial charge on any atom is -0.496 e. The van der Waals surface area contributed by atoms with Gasteiger partial charge < -0.3 is 15.2 Å². The first-order chi connectivity index (χ1) is 8.45. The molecule has 1 unspecified atom stereocenters. The topological polar surface area (TPSA) is 58.6 Å². The molecule has 18 heavy (non-hydrogen) atoms. The van der Waals surface area contributed by atoms with Gasteiger partial charge in [-0.2, -0.15) is 0 Å². The van der Waals surface area contributed by atoms with E-state index in [1.54, 1.807) is 19.1 Å². The summed E-state index contributed by atoms with van der Waals surface area (Å²) in [6.45, 7) is 2.08. The number of nitrogens with one attached hydrogen (secondary N) is 1. The molecule has 0 aliphatic heterocycles. The molecule has 2 N–H and O–H groups in total. The zero-order valence-electron chi connectivity index (χ0n) is 10.2. The van der Waals surface area contributed by atoms with Gasteiger partial charge in [-0.15, -0.1) is 0 Å². The third kappa shape index (κ3) is 4.29. The summed E-state index contributed by atoms with van der Waals surface area (Å²) >= 11 is 8.06. The first-order valence-corrected chi connectivity index (χ1v) is 6.90. The van der Waals surface area contributed by atoms with Crippen LogP contribution in [0.3, 0.4) is 0 Å². The number of methoxy groups -OCH3 is 1. The van der Waals surface area contributed by atoms with Crippen molar-refractivity contribution < 1.29 is 14.6 Å². The Labute approximate surface area is 125 Å². The number of aliphatic hydroxyl groups excluding tert-OH is 1. The molecule has 0 radical (unpaired) electrons. The lowest BCUT2D eigenvalue weighted by molar-refractivity contribution is 0.0942. The summed E-state index contributed by atoms with van der Waals surface area (Å²) in [6, 6.07) is 3.30. The summed E-state index contributed by atoms with van der Waals surface area (Å²) < 4.78 is 5.98. The summed E-state index contributed by atoms with van der Waals surface area (Å²) in [5.74, 6) is 0.226. The lowest BCUT2D eigenvalue weighted by Gasteiger charge is -2.11. The molecule has 4 nitrogen and oxygen atoms in total. The first-order valence-electron chi connectivity index (χ1n) is 5.45. The van der Waals surface area contributed by atoms with Crippen molar-refractivity contribution in [3.8, 4) is 5.75 Å². The summed E-state index contributed by atoms with van der Waals surface area (Å²) in [5, 5.41) is 12.3. The van der Waals surface area contributed by atoms with Gasteiger partial charge in [0.05, 0.1) is 23.8 Å².